The summed E-state index contributed by atoms with van der Waals surface area (Å²) in [5.41, 5.74) is -2.26. The molecule has 13 nitrogen and oxygen atoms in total. The Morgan fingerprint density at radius 3 is 2.06 bits per heavy atom. The lowest BCUT2D eigenvalue weighted by atomic mass is 10.3. The minimum absolute atomic E-state index is 0.0368. The molecule has 0 fully saturated rings. The van der Waals surface area contributed by atoms with E-state index < -0.39 is 52.9 Å². The monoisotopic (exact) mass is 468 g/mol. The van der Waals surface area contributed by atoms with E-state index >= 15 is 0 Å². The maximum Gasteiger partial charge on any atom is 0.356 e. The number of benzene rings is 2. The predicted octanol–water partition coefficient (Wildman–Crippen LogP) is 1.77. The molecule has 0 aliphatic carbocycles. The van der Waals surface area contributed by atoms with Crippen molar-refractivity contribution in [3.8, 4) is 5.69 Å². The summed E-state index contributed by atoms with van der Waals surface area (Å²) in [5.74, 6) is -1.55. The van der Waals surface area contributed by atoms with Crippen LogP contribution in [0.3, 0.4) is 0 Å². The van der Waals surface area contributed by atoms with Gasteiger partial charge in [-0.3, -0.25) is 19.0 Å². The van der Waals surface area contributed by atoms with Crippen LogP contribution < -0.4 is 5.56 Å². The summed E-state index contributed by atoms with van der Waals surface area (Å²) in [6, 6.07) is 8.89. The molecule has 2 aromatic carbocycles. The Kier molecular flexibility index (Phi) is 5.60. The van der Waals surface area contributed by atoms with Crippen LogP contribution in [0.5, 0.6) is 0 Å². The van der Waals surface area contributed by atoms with Gasteiger partial charge in [-0.05, 0) is 42.5 Å². The van der Waals surface area contributed by atoms with Crippen molar-refractivity contribution in [2.24, 2.45) is 10.2 Å². The number of aromatic nitrogens is 2. The second kappa shape index (κ2) is 7.88. The highest BCUT2D eigenvalue weighted by atomic mass is 32.2. The van der Waals surface area contributed by atoms with Gasteiger partial charge in [0.25, 0.3) is 25.8 Å². The second-order valence-corrected chi connectivity index (χ2v) is 8.77. The molecule has 0 unspecified atom stereocenters. The smallest absolute Gasteiger partial charge is 0.356 e. The first-order valence-corrected chi connectivity index (χ1v) is 10.9. The topological polar surface area (TPSA) is 209 Å². The van der Waals surface area contributed by atoms with E-state index in [9.17, 15) is 31.5 Å². The third-order valence-corrected chi connectivity index (χ3v) is 5.57. The van der Waals surface area contributed by atoms with Crippen molar-refractivity contribution < 1.29 is 35.8 Å². The van der Waals surface area contributed by atoms with Gasteiger partial charge in [0.2, 0.25) is 0 Å². The Bertz CT molecular complexity index is 1470. The van der Waals surface area contributed by atoms with Crippen LogP contribution in [0.1, 0.15) is 10.5 Å². The van der Waals surface area contributed by atoms with Crippen molar-refractivity contribution in [2.75, 3.05) is 0 Å². The average molecular weight is 468 g/mol. The number of aromatic amines is 1. The van der Waals surface area contributed by atoms with Crippen molar-refractivity contribution in [1.29, 1.82) is 0 Å². The zero-order chi connectivity index (χ0) is 23.0. The minimum Gasteiger partial charge on any atom is -0.476 e. The minimum atomic E-state index is -4.51. The molecule has 0 amide bonds. The Morgan fingerprint density at radius 1 is 0.903 bits per heavy atom. The average Bonchev–Trinajstić information content (AvgIpc) is 3.02. The molecule has 0 saturated carbocycles. The number of hydrogen-bond acceptors (Lipinski definition) is 8. The van der Waals surface area contributed by atoms with E-state index in [4.69, 9.17) is 9.11 Å². The molecule has 1 heterocycles. The molecule has 0 spiro atoms. The van der Waals surface area contributed by atoms with E-state index in [0.717, 1.165) is 41.1 Å². The molecule has 4 N–H and O–H groups in total. The zero-order valence-electron chi connectivity index (χ0n) is 15.1. The third-order valence-electron chi connectivity index (χ3n) is 3.85. The molecular formula is C16H12N4O9S2. The van der Waals surface area contributed by atoms with E-state index in [1.54, 1.807) is 0 Å². The van der Waals surface area contributed by atoms with E-state index in [2.05, 4.69) is 15.3 Å². The van der Waals surface area contributed by atoms with Crippen LogP contribution in [-0.2, 0) is 20.2 Å². The first-order valence-electron chi connectivity index (χ1n) is 8.03. The van der Waals surface area contributed by atoms with Gasteiger partial charge in [0.05, 0.1) is 21.2 Å². The molecule has 0 aliphatic rings. The summed E-state index contributed by atoms with van der Waals surface area (Å²) in [4.78, 5) is 23.2. The molecule has 31 heavy (non-hydrogen) atoms. The molecule has 3 aromatic rings. The summed E-state index contributed by atoms with van der Waals surface area (Å²) in [7, 11) is -8.98. The summed E-state index contributed by atoms with van der Waals surface area (Å²) < 4.78 is 63.5. The van der Waals surface area contributed by atoms with Crippen LogP contribution in [0.15, 0.2) is 73.3 Å². The highest BCUT2D eigenvalue weighted by Crippen LogP contribution is 2.22. The lowest BCUT2D eigenvalue weighted by Gasteiger charge is -2.02. The van der Waals surface area contributed by atoms with Crippen molar-refractivity contribution in [3.05, 3.63) is 64.6 Å². The highest BCUT2D eigenvalue weighted by molar-refractivity contribution is 7.86. The van der Waals surface area contributed by atoms with Gasteiger partial charge >= 0.3 is 5.97 Å². The molecule has 0 atom stereocenters. The van der Waals surface area contributed by atoms with Gasteiger partial charge in [-0.25, -0.2) is 9.48 Å². The fourth-order valence-corrected chi connectivity index (χ4v) is 3.43. The van der Waals surface area contributed by atoms with Gasteiger partial charge in [-0.2, -0.15) is 21.9 Å². The van der Waals surface area contributed by atoms with Crippen LogP contribution in [-0.4, -0.2) is 46.8 Å². The molecule has 1 aromatic heterocycles. The molecular weight excluding hydrogens is 456 g/mol. The number of nitrogens with zero attached hydrogens (tertiary/aromatic N) is 3. The van der Waals surface area contributed by atoms with E-state index in [1.807, 2.05) is 0 Å². The second-order valence-electron chi connectivity index (χ2n) is 5.92. The van der Waals surface area contributed by atoms with Crippen LogP contribution in [0.25, 0.3) is 5.69 Å². The van der Waals surface area contributed by atoms with Crippen molar-refractivity contribution in [2.45, 2.75) is 9.79 Å². The Labute approximate surface area is 173 Å². The largest absolute Gasteiger partial charge is 0.476 e. The maximum absolute atomic E-state index is 12.6. The number of H-pyrrole nitrogens is 1. The highest BCUT2D eigenvalue weighted by Gasteiger charge is 2.21. The Balaban J connectivity index is 2.06. The number of nitrogens with one attached hydrogen (secondary N) is 1. The molecule has 162 valence electrons. The van der Waals surface area contributed by atoms with Gasteiger partial charge in [-0.1, -0.05) is 6.07 Å². The van der Waals surface area contributed by atoms with Crippen LogP contribution >= 0.6 is 0 Å². The Morgan fingerprint density at radius 2 is 1.52 bits per heavy atom. The fourth-order valence-electron chi connectivity index (χ4n) is 2.43. The van der Waals surface area contributed by atoms with E-state index in [1.165, 1.54) is 12.1 Å². The SMILES string of the molecule is O=C(O)c1[nH]n(-c2ccc(S(=O)(=O)O)cc2)c(=O)c1N=Nc1cccc(S(=O)(=O)O)c1. The molecule has 0 saturated heterocycles. The normalized spacial score (nSPS) is 12.3. The quantitative estimate of drug-likeness (QED) is 0.306. The first kappa shape index (κ1) is 22.0. The van der Waals surface area contributed by atoms with Crippen LogP contribution in [0.2, 0.25) is 0 Å². The van der Waals surface area contributed by atoms with Gasteiger partial charge in [0.1, 0.15) is 0 Å². The number of carbonyl (C=O) groups is 1. The lowest BCUT2D eigenvalue weighted by Crippen LogP contribution is -2.14. The van der Waals surface area contributed by atoms with Crippen LogP contribution in [0, 0.1) is 0 Å². The lowest BCUT2D eigenvalue weighted by molar-refractivity contribution is 0.0690. The van der Waals surface area contributed by atoms with Gasteiger partial charge in [0.15, 0.2) is 11.4 Å². The fraction of sp³-hybridized carbons (Fsp3) is 0. The Hall–Kier alpha value is -3.66. The molecule has 3 rings (SSSR count). The standard InChI is InChI=1S/C16H12N4O9S2/c21-15-13(18-17-9-2-1-3-12(8-9)31(27,28)29)14(16(22)23)19-20(15)10-4-6-11(7-5-10)30(24,25)26/h1-8,19H,(H,22,23)(H,24,25,26)(H,27,28,29). The van der Waals surface area contributed by atoms with E-state index in [-0.39, 0.29) is 11.4 Å². The summed E-state index contributed by atoms with van der Waals surface area (Å²) in [5, 5.41) is 18.9. The van der Waals surface area contributed by atoms with Crippen molar-refractivity contribution in [3.63, 3.8) is 0 Å². The number of aromatic carboxylic acids is 1. The third kappa shape index (κ3) is 4.75. The number of rotatable bonds is 6. The van der Waals surface area contributed by atoms with Gasteiger partial charge in [-0.15, -0.1) is 5.11 Å². The van der Waals surface area contributed by atoms with Gasteiger partial charge < -0.3 is 5.11 Å². The number of carboxylic acids is 1. The van der Waals surface area contributed by atoms with E-state index in [0.29, 0.717) is 0 Å². The van der Waals surface area contributed by atoms with Crippen molar-refractivity contribution in [1.82, 2.24) is 9.78 Å². The molecule has 15 heteroatoms. The number of carboxylic acid groups (broad SMARTS) is 1. The first-order chi connectivity index (χ1) is 14.4. The molecule has 0 radical (unpaired) electrons. The van der Waals surface area contributed by atoms with Crippen LogP contribution in [0.4, 0.5) is 11.4 Å². The molecule has 0 bridgehead atoms. The zero-order valence-corrected chi connectivity index (χ0v) is 16.7. The number of hydrogen-bond donors (Lipinski definition) is 4. The summed E-state index contributed by atoms with van der Waals surface area (Å²) >= 11 is 0. The van der Waals surface area contributed by atoms with Crippen molar-refractivity contribution >= 4 is 37.6 Å². The summed E-state index contributed by atoms with van der Waals surface area (Å²) in [6.07, 6.45) is 0. The predicted molar refractivity (Wildman–Crippen MR) is 104 cm³/mol. The summed E-state index contributed by atoms with van der Waals surface area (Å²) in [6.45, 7) is 0. The molecule has 0 aliphatic heterocycles. The number of azo groups is 1. The van der Waals surface area contributed by atoms with Gasteiger partial charge in [0, 0.05) is 0 Å². The maximum atomic E-state index is 12.6.